The average molecular weight is 392 g/mol. The molecule has 9 heteroatoms. The van der Waals surface area contributed by atoms with Gasteiger partial charge in [-0.3, -0.25) is 19.8 Å². The van der Waals surface area contributed by atoms with Gasteiger partial charge in [0, 0.05) is 11.9 Å². The monoisotopic (exact) mass is 391 g/mol. The molecule has 0 unspecified atom stereocenters. The first-order valence-electron chi connectivity index (χ1n) is 8.32. The van der Waals surface area contributed by atoms with Crippen molar-refractivity contribution in [1.82, 2.24) is 10.4 Å². The van der Waals surface area contributed by atoms with Crippen molar-refractivity contribution >= 4 is 41.0 Å². The molecule has 0 aromatic heterocycles. The van der Waals surface area contributed by atoms with Crippen molar-refractivity contribution in [3.05, 3.63) is 40.6 Å². The minimum Gasteiger partial charge on any atom is -0.461 e. The Bertz CT molecular complexity index is 897. The van der Waals surface area contributed by atoms with Gasteiger partial charge in [0.2, 0.25) is 11.8 Å². The lowest BCUT2D eigenvalue weighted by Gasteiger charge is -2.30. The second-order valence-corrected chi connectivity index (χ2v) is 6.72. The number of nitrogens with one attached hydrogen (secondary N) is 1. The van der Waals surface area contributed by atoms with Crippen molar-refractivity contribution in [2.45, 2.75) is 32.7 Å². The molecule has 2 aliphatic heterocycles. The summed E-state index contributed by atoms with van der Waals surface area (Å²) in [7, 11) is 0. The maximum atomic E-state index is 13.2. The Morgan fingerprint density at radius 3 is 2.63 bits per heavy atom. The zero-order valence-corrected chi connectivity index (χ0v) is 15.8. The third kappa shape index (κ3) is 2.95. The van der Waals surface area contributed by atoms with Crippen LogP contribution in [-0.4, -0.2) is 40.8 Å². The highest BCUT2D eigenvalue weighted by Crippen LogP contribution is 2.39. The van der Waals surface area contributed by atoms with Crippen molar-refractivity contribution in [3.63, 3.8) is 0 Å². The summed E-state index contributed by atoms with van der Waals surface area (Å²) in [5, 5.41) is 1.40. The molecular formula is C18H18ClN3O5. The van der Waals surface area contributed by atoms with E-state index >= 15 is 0 Å². The van der Waals surface area contributed by atoms with Crippen LogP contribution in [0.25, 0.3) is 0 Å². The number of aryl methyl sites for hydroxylation is 1. The van der Waals surface area contributed by atoms with Crippen LogP contribution in [0.2, 0.25) is 5.02 Å². The molecule has 0 saturated carbocycles. The van der Waals surface area contributed by atoms with Crippen LogP contribution < -0.4 is 10.3 Å². The number of anilines is 1. The van der Waals surface area contributed by atoms with Crippen molar-refractivity contribution in [2.75, 3.05) is 11.5 Å². The fraction of sp³-hybridized carbons (Fsp3) is 0.333. The van der Waals surface area contributed by atoms with Crippen LogP contribution in [0.4, 0.5) is 5.69 Å². The smallest absolute Gasteiger partial charge is 0.355 e. The number of ether oxygens (including phenoxy) is 1. The van der Waals surface area contributed by atoms with Gasteiger partial charge in [-0.25, -0.2) is 14.7 Å². The maximum absolute atomic E-state index is 13.2. The van der Waals surface area contributed by atoms with Crippen LogP contribution in [0.5, 0.6) is 0 Å². The lowest BCUT2D eigenvalue weighted by molar-refractivity contribution is -0.144. The first-order chi connectivity index (χ1) is 12.7. The standard InChI is InChI=1S/C18H18ClN3O5/c1-4-27-16(25)14-8-18(22(20-14)11(3)23)9-15(24)21(17(18)26)12-6-5-10(2)13(19)7-12/h5-8,20H,4,9H2,1-3H3/t18-/m0/s1. The summed E-state index contributed by atoms with van der Waals surface area (Å²) < 4.78 is 4.92. The van der Waals surface area contributed by atoms with Crippen LogP contribution in [0.3, 0.4) is 0 Å². The molecule has 142 valence electrons. The third-order valence-corrected chi connectivity index (χ3v) is 4.89. The van der Waals surface area contributed by atoms with E-state index in [4.69, 9.17) is 16.3 Å². The maximum Gasteiger partial charge on any atom is 0.355 e. The highest BCUT2D eigenvalue weighted by molar-refractivity contribution is 6.32. The first-order valence-corrected chi connectivity index (χ1v) is 8.70. The predicted molar refractivity (Wildman–Crippen MR) is 96.4 cm³/mol. The molecule has 8 nitrogen and oxygen atoms in total. The van der Waals surface area contributed by atoms with Crippen molar-refractivity contribution < 1.29 is 23.9 Å². The largest absolute Gasteiger partial charge is 0.461 e. The normalized spacial score (nSPS) is 21.6. The van der Waals surface area contributed by atoms with E-state index in [0.29, 0.717) is 10.7 Å². The Morgan fingerprint density at radius 2 is 2.04 bits per heavy atom. The van der Waals surface area contributed by atoms with Gasteiger partial charge in [0.05, 0.1) is 18.7 Å². The Balaban J connectivity index is 2.04. The Kier molecular flexibility index (Phi) is 4.69. The van der Waals surface area contributed by atoms with E-state index in [0.717, 1.165) is 15.5 Å². The van der Waals surface area contributed by atoms with Crippen LogP contribution in [0, 0.1) is 6.92 Å². The third-order valence-electron chi connectivity index (χ3n) is 4.48. The molecule has 1 aromatic rings. The zero-order chi connectivity index (χ0) is 19.9. The number of esters is 1. The summed E-state index contributed by atoms with van der Waals surface area (Å²) >= 11 is 6.12. The minimum atomic E-state index is -1.62. The van der Waals surface area contributed by atoms with Gasteiger partial charge < -0.3 is 4.74 Å². The molecule has 2 aliphatic rings. The number of carbonyl (C=O) groups is 4. The second-order valence-electron chi connectivity index (χ2n) is 6.31. The number of imide groups is 1. The number of hydrogen-bond acceptors (Lipinski definition) is 6. The summed E-state index contributed by atoms with van der Waals surface area (Å²) in [6.07, 6.45) is 0.981. The van der Waals surface area contributed by atoms with E-state index in [1.165, 1.54) is 19.1 Å². The van der Waals surface area contributed by atoms with Crippen molar-refractivity contribution in [2.24, 2.45) is 0 Å². The molecule has 1 spiro atoms. The van der Waals surface area contributed by atoms with Crippen molar-refractivity contribution in [3.8, 4) is 0 Å². The van der Waals surface area contributed by atoms with Gasteiger partial charge in [0.25, 0.3) is 5.91 Å². The number of nitrogens with zero attached hydrogens (tertiary/aromatic N) is 2. The second kappa shape index (κ2) is 6.70. The molecule has 2 heterocycles. The van der Waals surface area contributed by atoms with E-state index in [1.54, 1.807) is 26.0 Å². The summed E-state index contributed by atoms with van der Waals surface area (Å²) in [6.45, 7) is 4.80. The number of hydrazine groups is 1. The minimum absolute atomic E-state index is 0.0583. The molecule has 3 rings (SSSR count). The molecule has 1 saturated heterocycles. The highest BCUT2D eigenvalue weighted by Gasteiger charge is 2.59. The lowest BCUT2D eigenvalue weighted by atomic mass is 9.96. The van der Waals surface area contributed by atoms with Gasteiger partial charge in [-0.05, 0) is 37.6 Å². The van der Waals surface area contributed by atoms with E-state index in [1.807, 2.05) is 0 Å². The number of benzene rings is 1. The molecule has 1 atom stereocenters. The number of halogens is 1. The zero-order valence-electron chi connectivity index (χ0n) is 15.0. The molecule has 0 aliphatic carbocycles. The molecule has 1 fully saturated rings. The number of hydrogen-bond donors (Lipinski definition) is 1. The van der Waals surface area contributed by atoms with Gasteiger partial charge in [-0.2, -0.15) is 0 Å². The molecule has 1 aromatic carbocycles. The Labute approximate surface area is 160 Å². The van der Waals surface area contributed by atoms with Gasteiger partial charge in [-0.1, -0.05) is 17.7 Å². The topological polar surface area (TPSA) is 96.0 Å². The van der Waals surface area contributed by atoms with Crippen LogP contribution >= 0.6 is 11.6 Å². The summed E-state index contributed by atoms with van der Waals surface area (Å²) in [5.41, 5.74) is 2.02. The van der Waals surface area contributed by atoms with Crippen molar-refractivity contribution in [1.29, 1.82) is 0 Å². The number of rotatable bonds is 3. The van der Waals surface area contributed by atoms with Gasteiger partial charge in [-0.15, -0.1) is 0 Å². The van der Waals surface area contributed by atoms with E-state index < -0.39 is 29.2 Å². The first kappa shape index (κ1) is 18.9. The number of carbonyl (C=O) groups excluding carboxylic acids is 4. The van der Waals surface area contributed by atoms with Crippen LogP contribution in [0.1, 0.15) is 25.8 Å². The van der Waals surface area contributed by atoms with E-state index in [9.17, 15) is 19.2 Å². The summed E-state index contributed by atoms with van der Waals surface area (Å²) in [6, 6.07) is 4.81. The summed E-state index contributed by atoms with van der Waals surface area (Å²) in [5.74, 6) is -2.38. The quantitative estimate of drug-likeness (QED) is 0.619. The van der Waals surface area contributed by atoms with E-state index in [2.05, 4.69) is 5.43 Å². The molecular weight excluding hydrogens is 374 g/mol. The lowest BCUT2D eigenvalue weighted by Crippen LogP contribution is -2.56. The van der Waals surface area contributed by atoms with Gasteiger partial charge in [0.1, 0.15) is 5.70 Å². The number of amides is 3. The SMILES string of the molecule is CCOC(=O)C1=C[C@@]2(CC(=O)N(c3ccc(C)c(Cl)c3)C2=O)N(C(C)=O)N1. The van der Waals surface area contributed by atoms with Gasteiger partial charge in [0.15, 0.2) is 5.54 Å². The fourth-order valence-electron chi connectivity index (χ4n) is 3.19. The predicted octanol–water partition coefficient (Wildman–Crippen LogP) is 1.46. The fourth-order valence-corrected chi connectivity index (χ4v) is 3.37. The summed E-state index contributed by atoms with van der Waals surface area (Å²) in [4.78, 5) is 51.0. The molecule has 0 radical (unpaired) electrons. The molecule has 1 N–H and O–H groups in total. The Morgan fingerprint density at radius 1 is 1.33 bits per heavy atom. The highest BCUT2D eigenvalue weighted by atomic mass is 35.5. The van der Waals surface area contributed by atoms with Crippen LogP contribution in [-0.2, 0) is 23.9 Å². The van der Waals surface area contributed by atoms with Gasteiger partial charge >= 0.3 is 5.97 Å². The molecule has 3 amide bonds. The molecule has 0 bridgehead atoms. The Hall–Kier alpha value is -2.87. The van der Waals surface area contributed by atoms with Crippen LogP contribution in [0.15, 0.2) is 30.0 Å². The van der Waals surface area contributed by atoms with E-state index in [-0.39, 0.29) is 18.7 Å². The molecule has 27 heavy (non-hydrogen) atoms. The average Bonchev–Trinajstić information content (AvgIpc) is 3.10.